The molecule has 0 saturated heterocycles. The lowest BCUT2D eigenvalue weighted by Gasteiger charge is -2.21. The fourth-order valence-electron chi connectivity index (χ4n) is 2.56. The molecule has 1 aliphatic carbocycles. The summed E-state index contributed by atoms with van der Waals surface area (Å²) in [6.45, 7) is 0. The normalized spacial score (nSPS) is 18.4. The first-order chi connectivity index (χ1) is 7.43. The summed E-state index contributed by atoms with van der Waals surface area (Å²) >= 11 is 1.75. The molecule has 1 aromatic carbocycles. The molecule has 0 bridgehead atoms. The molecule has 0 amide bonds. The number of benzene rings is 1. The van der Waals surface area contributed by atoms with Crippen molar-refractivity contribution in [1.82, 2.24) is 4.98 Å². The molecule has 0 unspecified atom stereocenters. The van der Waals surface area contributed by atoms with Gasteiger partial charge in [-0.1, -0.05) is 25.3 Å². The van der Waals surface area contributed by atoms with E-state index in [9.17, 15) is 0 Å². The van der Waals surface area contributed by atoms with Crippen molar-refractivity contribution in [2.45, 2.75) is 38.0 Å². The van der Waals surface area contributed by atoms with E-state index in [1.807, 2.05) is 5.51 Å². The van der Waals surface area contributed by atoms with Crippen LogP contribution < -0.4 is 0 Å². The van der Waals surface area contributed by atoms with Crippen LogP contribution in [0, 0.1) is 0 Å². The van der Waals surface area contributed by atoms with Gasteiger partial charge < -0.3 is 0 Å². The summed E-state index contributed by atoms with van der Waals surface area (Å²) in [5.74, 6) is 0.810. The molecule has 0 spiro atoms. The molecule has 0 N–H and O–H groups in total. The van der Waals surface area contributed by atoms with Crippen LogP contribution in [0.4, 0.5) is 0 Å². The molecule has 0 aliphatic heterocycles. The van der Waals surface area contributed by atoms with Crippen molar-refractivity contribution in [1.29, 1.82) is 0 Å². The predicted octanol–water partition coefficient (Wildman–Crippen LogP) is 4.34. The van der Waals surface area contributed by atoms with Crippen molar-refractivity contribution in [3.8, 4) is 0 Å². The average molecular weight is 217 g/mol. The fourth-order valence-corrected chi connectivity index (χ4v) is 3.29. The Morgan fingerprint density at radius 3 is 2.87 bits per heavy atom. The highest BCUT2D eigenvalue weighted by atomic mass is 32.1. The monoisotopic (exact) mass is 217 g/mol. The maximum absolute atomic E-state index is 4.32. The smallest absolute Gasteiger partial charge is 0.0812 e. The minimum absolute atomic E-state index is 0.810. The average Bonchev–Trinajstić information content (AvgIpc) is 2.77. The van der Waals surface area contributed by atoms with E-state index in [0.29, 0.717) is 0 Å². The minimum atomic E-state index is 0.810. The highest BCUT2D eigenvalue weighted by molar-refractivity contribution is 7.16. The van der Waals surface area contributed by atoms with Gasteiger partial charge in [0.15, 0.2) is 0 Å². The zero-order valence-electron chi connectivity index (χ0n) is 8.78. The molecule has 0 atom stereocenters. The van der Waals surface area contributed by atoms with Gasteiger partial charge in [-0.2, -0.15) is 0 Å². The van der Waals surface area contributed by atoms with Crippen molar-refractivity contribution in [3.63, 3.8) is 0 Å². The molecule has 1 aromatic heterocycles. The summed E-state index contributed by atoms with van der Waals surface area (Å²) < 4.78 is 1.35. The number of hydrogen-bond donors (Lipinski definition) is 0. The van der Waals surface area contributed by atoms with E-state index in [0.717, 1.165) is 11.4 Å². The molecule has 1 nitrogen and oxygen atoms in total. The first kappa shape index (κ1) is 9.34. The van der Waals surface area contributed by atoms with Gasteiger partial charge in [-0.05, 0) is 36.5 Å². The number of hydrogen-bond acceptors (Lipinski definition) is 2. The third-order valence-corrected chi connectivity index (χ3v) is 4.22. The SMILES string of the molecule is c1nc2ccc(C3CCCCC3)cc2s1. The summed E-state index contributed by atoms with van der Waals surface area (Å²) in [4.78, 5) is 4.32. The maximum Gasteiger partial charge on any atom is 0.0812 e. The molecule has 2 aromatic rings. The molecule has 0 radical (unpaired) electrons. The highest BCUT2D eigenvalue weighted by Crippen LogP contribution is 2.34. The van der Waals surface area contributed by atoms with Gasteiger partial charge in [0, 0.05) is 0 Å². The second-order valence-corrected chi connectivity index (χ2v) is 5.30. The van der Waals surface area contributed by atoms with Gasteiger partial charge in [0.2, 0.25) is 0 Å². The number of thiazole rings is 1. The second kappa shape index (κ2) is 3.93. The quantitative estimate of drug-likeness (QED) is 0.692. The lowest BCUT2D eigenvalue weighted by atomic mass is 9.84. The third kappa shape index (κ3) is 1.78. The number of nitrogens with zero attached hydrogens (tertiary/aromatic N) is 1. The van der Waals surface area contributed by atoms with Gasteiger partial charge in [0.1, 0.15) is 0 Å². The van der Waals surface area contributed by atoms with Crippen molar-refractivity contribution in [2.75, 3.05) is 0 Å². The van der Waals surface area contributed by atoms with Crippen molar-refractivity contribution < 1.29 is 0 Å². The van der Waals surface area contributed by atoms with Gasteiger partial charge in [-0.25, -0.2) is 4.98 Å². The van der Waals surface area contributed by atoms with E-state index in [-0.39, 0.29) is 0 Å². The van der Waals surface area contributed by atoms with E-state index in [4.69, 9.17) is 0 Å². The summed E-state index contributed by atoms with van der Waals surface area (Å²) in [6.07, 6.45) is 7.00. The van der Waals surface area contributed by atoms with E-state index < -0.39 is 0 Å². The largest absolute Gasteiger partial charge is 0.245 e. The molecule has 1 aliphatic rings. The Bertz CT molecular complexity index is 454. The molecular weight excluding hydrogens is 202 g/mol. The predicted molar refractivity (Wildman–Crippen MR) is 65.4 cm³/mol. The first-order valence-electron chi connectivity index (χ1n) is 5.76. The Labute approximate surface area is 94.2 Å². The molecule has 1 heterocycles. The Balaban J connectivity index is 1.95. The van der Waals surface area contributed by atoms with E-state index in [2.05, 4.69) is 23.2 Å². The number of aromatic nitrogens is 1. The van der Waals surface area contributed by atoms with Crippen LogP contribution in [0.1, 0.15) is 43.6 Å². The van der Waals surface area contributed by atoms with Gasteiger partial charge >= 0.3 is 0 Å². The van der Waals surface area contributed by atoms with E-state index in [1.165, 1.54) is 42.4 Å². The standard InChI is InChI=1S/C13H15NS/c1-2-4-10(5-3-1)11-6-7-12-13(8-11)15-9-14-12/h6-10H,1-5H2. The molecule has 1 fully saturated rings. The summed E-state index contributed by atoms with van der Waals surface area (Å²) in [5.41, 5.74) is 4.63. The minimum Gasteiger partial charge on any atom is -0.245 e. The first-order valence-corrected chi connectivity index (χ1v) is 6.64. The molecule has 15 heavy (non-hydrogen) atoms. The Morgan fingerprint density at radius 2 is 2.00 bits per heavy atom. The van der Waals surface area contributed by atoms with Gasteiger partial charge in [0.25, 0.3) is 0 Å². The zero-order chi connectivity index (χ0) is 10.1. The fraction of sp³-hybridized carbons (Fsp3) is 0.462. The van der Waals surface area contributed by atoms with Crippen LogP contribution in [0.15, 0.2) is 23.7 Å². The summed E-state index contributed by atoms with van der Waals surface area (Å²) in [6, 6.07) is 6.80. The van der Waals surface area contributed by atoms with Gasteiger partial charge in [0.05, 0.1) is 15.7 Å². The third-order valence-electron chi connectivity index (χ3n) is 3.43. The summed E-state index contributed by atoms with van der Waals surface area (Å²) in [5, 5.41) is 0. The van der Waals surface area contributed by atoms with Crippen LogP contribution in [0.3, 0.4) is 0 Å². The van der Waals surface area contributed by atoms with Gasteiger partial charge in [-0.3, -0.25) is 0 Å². The van der Waals surface area contributed by atoms with Crippen LogP contribution in [0.2, 0.25) is 0 Å². The van der Waals surface area contributed by atoms with Crippen LogP contribution in [0.5, 0.6) is 0 Å². The lowest BCUT2D eigenvalue weighted by Crippen LogP contribution is -2.03. The molecule has 78 valence electrons. The lowest BCUT2D eigenvalue weighted by molar-refractivity contribution is 0.444. The Hall–Kier alpha value is -0.890. The second-order valence-electron chi connectivity index (χ2n) is 4.41. The topological polar surface area (TPSA) is 12.9 Å². The molecular formula is C13H15NS. The van der Waals surface area contributed by atoms with Crippen LogP contribution in [-0.2, 0) is 0 Å². The highest BCUT2D eigenvalue weighted by Gasteiger charge is 2.15. The van der Waals surface area contributed by atoms with E-state index >= 15 is 0 Å². The number of rotatable bonds is 1. The van der Waals surface area contributed by atoms with Crippen molar-refractivity contribution in [3.05, 3.63) is 29.3 Å². The molecule has 2 heteroatoms. The Kier molecular flexibility index (Phi) is 2.45. The maximum atomic E-state index is 4.32. The molecule has 3 rings (SSSR count). The number of fused-ring (bicyclic) bond motifs is 1. The van der Waals surface area contributed by atoms with Gasteiger partial charge in [-0.15, -0.1) is 11.3 Å². The van der Waals surface area contributed by atoms with Crippen molar-refractivity contribution in [2.24, 2.45) is 0 Å². The van der Waals surface area contributed by atoms with E-state index in [1.54, 1.807) is 11.3 Å². The van der Waals surface area contributed by atoms with Crippen molar-refractivity contribution >= 4 is 21.6 Å². The van der Waals surface area contributed by atoms with Crippen LogP contribution >= 0.6 is 11.3 Å². The zero-order valence-corrected chi connectivity index (χ0v) is 9.59. The van der Waals surface area contributed by atoms with Crippen LogP contribution in [0.25, 0.3) is 10.2 Å². The van der Waals surface area contributed by atoms with Crippen LogP contribution in [-0.4, -0.2) is 4.98 Å². The summed E-state index contributed by atoms with van der Waals surface area (Å²) in [7, 11) is 0. The Morgan fingerprint density at radius 1 is 1.13 bits per heavy atom. The molecule has 1 saturated carbocycles.